The number of thioether (sulfide) groups is 1. The van der Waals surface area contributed by atoms with Crippen molar-refractivity contribution in [3.63, 3.8) is 0 Å². The molecule has 184 valence electrons. The van der Waals surface area contributed by atoms with Gasteiger partial charge in [0.2, 0.25) is 11.8 Å². The molecular weight excluding hydrogens is 554 g/mol. The lowest BCUT2D eigenvalue weighted by Gasteiger charge is -2.15. The molecule has 3 rings (SSSR count). The molecule has 0 bridgehead atoms. The number of hydrogen-bond acceptors (Lipinski definition) is 6. The van der Waals surface area contributed by atoms with Crippen molar-refractivity contribution in [2.24, 2.45) is 0 Å². The van der Waals surface area contributed by atoms with Crippen molar-refractivity contribution in [1.82, 2.24) is 20.1 Å². The number of halogens is 2. The first kappa shape index (κ1) is 26.8. The van der Waals surface area contributed by atoms with E-state index in [-0.39, 0.29) is 30.0 Å². The molecular formula is C24H25BrClN5O3S. The topological polar surface area (TPSA) is 98.1 Å². The molecule has 0 saturated heterocycles. The van der Waals surface area contributed by atoms with Gasteiger partial charge in [-0.2, -0.15) is 0 Å². The SMILES string of the molecule is C=CCn1c(SCC(=O)Nc2ccc(Br)c(Cl)c2)nnc1[C@@H](C)NC(=O)Cc1ccc(OC)cc1. The summed E-state index contributed by atoms with van der Waals surface area (Å²) in [6, 6.07) is 12.1. The van der Waals surface area contributed by atoms with Gasteiger partial charge >= 0.3 is 0 Å². The molecule has 2 amide bonds. The Morgan fingerprint density at radius 1 is 1.23 bits per heavy atom. The quantitative estimate of drug-likeness (QED) is 0.244. The summed E-state index contributed by atoms with van der Waals surface area (Å²) in [6.45, 7) is 6.07. The minimum absolute atomic E-state index is 0.126. The third-order valence-electron chi connectivity index (χ3n) is 4.88. The maximum atomic E-state index is 12.6. The van der Waals surface area contributed by atoms with Crippen LogP contribution in [0.25, 0.3) is 0 Å². The van der Waals surface area contributed by atoms with Gasteiger partial charge in [-0.05, 0) is 58.7 Å². The summed E-state index contributed by atoms with van der Waals surface area (Å²) >= 11 is 10.7. The largest absolute Gasteiger partial charge is 0.497 e. The van der Waals surface area contributed by atoms with E-state index in [2.05, 4.69) is 43.3 Å². The fraction of sp³-hybridized carbons (Fsp3) is 0.250. The van der Waals surface area contributed by atoms with E-state index in [1.165, 1.54) is 11.8 Å². The van der Waals surface area contributed by atoms with Gasteiger partial charge < -0.3 is 19.9 Å². The van der Waals surface area contributed by atoms with E-state index >= 15 is 0 Å². The minimum atomic E-state index is -0.388. The number of benzene rings is 2. The van der Waals surface area contributed by atoms with E-state index in [1.807, 2.05) is 35.8 Å². The molecule has 8 nitrogen and oxygen atoms in total. The number of methoxy groups -OCH3 is 1. The van der Waals surface area contributed by atoms with Gasteiger partial charge in [-0.25, -0.2) is 0 Å². The number of hydrogen-bond donors (Lipinski definition) is 2. The van der Waals surface area contributed by atoms with Gasteiger partial charge in [0.05, 0.1) is 30.3 Å². The molecule has 3 aromatic rings. The van der Waals surface area contributed by atoms with E-state index in [9.17, 15) is 9.59 Å². The maximum Gasteiger partial charge on any atom is 0.234 e. The molecule has 0 aliphatic rings. The van der Waals surface area contributed by atoms with Gasteiger partial charge in [0.25, 0.3) is 0 Å². The number of rotatable bonds is 11. The van der Waals surface area contributed by atoms with Gasteiger partial charge in [0.15, 0.2) is 11.0 Å². The van der Waals surface area contributed by atoms with Crippen LogP contribution in [-0.4, -0.2) is 39.4 Å². The summed E-state index contributed by atoms with van der Waals surface area (Å²) in [5.41, 5.74) is 1.47. The first-order chi connectivity index (χ1) is 16.8. The average Bonchev–Trinajstić information content (AvgIpc) is 3.23. The van der Waals surface area contributed by atoms with Crippen LogP contribution in [0, 0.1) is 0 Å². The number of anilines is 1. The number of nitrogens with one attached hydrogen (secondary N) is 2. The number of amides is 2. The Hall–Kier alpha value is -2.82. The highest BCUT2D eigenvalue weighted by molar-refractivity contribution is 9.10. The van der Waals surface area contributed by atoms with E-state index in [1.54, 1.807) is 31.4 Å². The smallest absolute Gasteiger partial charge is 0.234 e. The van der Waals surface area contributed by atoms with Gasteiger partial charge in [0.1, 0.15) is 5.75 Å². The minimum Gasteiger partial charge on any atom is -0.497 e. The van der Waals surface area contributed by atoms with E-state index < -0.39 is 0 Å². The monoisotopic (exact) mass is 577 g/mol. The Balaban J connectivity index is 1.60. The molecule has 0 spiro atoms. The summed E-state index contributed by atoms with van der Waals surface area (Å²) < 4.78 is 7.73. The molecule has 0 aliphatic heterocycles. The number of carbonyl (C=O) groups is 2. The third kappa shape index (κ3) is 7.58. The van der Waals surface area contributed by atoms with Crippen molar-refractivity contribution in [2.75, 3.05) is 18.2 Å². The molecule has 0 fully saturated rings. The Morgan fingerprint density at radius 3 is 2.63 bits per heavy atom. The number of carbonyl (C=O) groups excluding carboxylic acids is 2. The van der Waals surface area contributed by atoms with Crippen molar-refractivity contribution in [2.45, 2.75) is 31.1 Å². The van der Waals surface area contributed by atoms with Crippen molar-refractivity contribution >= 4 is 56.8 Å². The fourth-order valence-corrected chi connectivity index (χ4v) is 4.40. The average molecular weight is 579 g/mol. The second-order valence-corrected chi connectivity index (χ2v) is 9.72. The molecule has 1 aromatic heterocycles. The van der Waals surface area contributed by atoms with Crippen LogP contribution >= 0.6 is 39.3 Å². The summed E-state index contributed by atoms with van der Waals surface area (Å²) in [4.78, 5) is 25.0. The van der Waals surface area contributed by atoms with Crippen molar-refractivity contribution < 1.29 is 14.3 Å². The molecule has 0 unspecified atom stereocenters. The Labute approximate surface area is 221 Å². The zero-order chi connectivity index (χ0) is 25.4. The first-order valence-electron chi connectivity index (χ1n) is 10.6. The Morgan fingerprint density at radius 2 is 1.97 bits per heavy atom. The highest BCUT2D eigenvalue weighted by Crippen LogP contribution is 2.26. The van der Waals surface area contributed by atoms with E-state index in [0.717, 1.165) is 15.8 Å². The van der Waals surface area contributed by atoms with E-state index in [0.29, 0.717) is 28.2 Å². The molecule has 0 saturated carbocycles. The van der Waals surface area contributed by atoms with Gasteiger partial charge in [-0.1, -0.05) is 41.6 Å². The van der Waals surface area contributed by atoms with Gasteiger partial charge in [-0.15, -0.1) is 16.8 Å². The van der Waals surface area contributed by atoms with Crippen LogP contribution in [0.5, 0.6) is 5.75 Å². The zero-order valence-electron chi connectivity index (χ0n) is 19.3. The predicted molar refractivity (Wildman–Crippen MR) is 142 cm³/mol. The second-order valence-electron chi connectivity index (χ2n) is 7.52. The molecule has 2 N–H and O–H groups in total. The third-order valence-corrected chi connectivity index (χ3v) is 7.08. The van der Waals surface area contributed by atoms with Gasteiger partial charge in [-0.3, -0.25) is 9.59 Å². The Kier molecular flexibility index (Phi) is 9.76. The lowest BCUT2D eigenvalue weighted by atomic mass is 10.1. The van der Waals surface area contributed by atoms with Crippen LogP contribution < -0.4 is 15.4 Å². The second kappa shape index (κ2) is 12.8. The summed E-state index contributed by atoms with van der Waals surface area (Å²) in [6.07, 6.45) is 1.94. The molecule has 0 radical (unpaired) electrons. The first-order valence-corrected chi connectivity index (χ1v) is 12.8. The number of nitrogens with zero attached hydrogens (tertiary/aromatic N) is 3. The van der Waals surface area contributed by atoms with Crippen molar-refractivity contribution in [1.29, 1.82) is 0 Å². The highest BCUT2D eigenvalue weighted by atomic mass is 79.9. The van der Waals surface area contributed by atoms with Crippen molar-refractivity contribution in [3.05, 3.63) is 76.0 Å². The fourth-order valence-electron chi connectivity index (χ4n) is 3.21. The number of allylic oxidation sites excluding steroid dienone is 1. The van der Waals surface area contributed by atoms with Crippen LogP contribution in [0.3, 0.4) is 0 Å². The van der Waals surface area contributed by atoms with Crippen molar-refractivity contribution in [3.8, 4) is 5.75 Å². The molecule has 11 heteroatoms. The van der Waals surface area contributed by atoms with Crippen LogP contribution in [0.1, 0.15) is 24.4 Å². The van der Waals surface area contributed by atoms with Gasteiger partial charge in [0, 0.05) is 16.7 Å². The zero-order valence-corrected chi connectivity index (χ0v) is 22.4. The molecule has 0 aliphatic carbocycles. The maximum absolute atomic E-state index is 12.6. The highest BCUT2D eigenvalue weighted by Gasteiger charge is 2.20. The number of ether oxygens (including phenoxy) is 1. The molecule has 35 heavy (non-hydrogen) atoms. The molecule has 2 aromatic carbocycles. The summed E-state index contributed by atoms with van der Waals surface area (Å²) in [7, 11) is 1.60. The normalized spacial score (nSPS) is 11.5. The summed E-state index contributed by atoms with van der Waals surface area (Å²) in [5.74, 6) is 1.10. The van der Waals surface area contributed by atoms with Crippen LogP contribution in [0.2, 0.25) is 5.02 Å². The lowest BCUT2D eigenvalue weighted by molar-refractivity contribution is -0.121. The predicted octanol–water partition coefficient (Wildman–Crippen LogP) is 5.04. The molecule has 1 heterocycles. The van der Waals surface area contributed by atoms with Crippen LogP contribution in [0.15, 0.2) is 64.7 Å². The summed E-state index contributed by atoms with van der Waals surface area (Å²) in [5, 5.41) is 15.3. The van der Waals surface area contributed by atoms with E-state index in [4.69, 9.17) is 16.3 Å². The number of aromatic nitrogens is 3. The standard InChI is InChI=1S/C24H25BrClN5O3S/c1-4-11-31-23(15(2)27-21(32)12-16-5-8-18(34-3)9-6-16)29-30-24(31)35-14-22(33)28-17-7-10-19(25)20(26)13-17/h4-10,13,15H,1,11-12,14H2,2-3H3,(H,27,32)(H,28,33)/t15-/m1/s1. The Bertz CT molecular complexity index is 1200. The lowest BCUT2D eigenvalue weighted by Crippen LogP contribution is -2.30. The van der Waals surface area contributed by atoms with Crippen LogP contribution in [-0.2, 0) is 22.6 Å². The van der Waals surface area contributed by atoms with Crippen LogP contribution in [0.4, 0.5) is 5.69 Å². The molecule has 1 atom stereocenters.